The van der Waals surface area contributed by atoms with Crippen LogP contribution in [-0.2, 0) is 6.54 Å². The van der Waals surface area contributed by atoms with E-state index in [0.717, 1.165) is 5.56 Å². The van der Waals surface area contributed by atoms with Crippen molar-refractivity contribution >= 4 is 22.8 Å². The van der Waals surface area contributed by atoms with E-state index in [1.165, 1.54) is 4.57 Å². The van der Waals surface area contributed by atoms with Crippen LogP contribution in [0.15, 0.2) is 12.3 Å². The van der Waals surface area contributed by atoms with Crippen LogP contribution in [-0.4, -0.2) is 20.7 Å². The second kappa shape index (κ2) is 5.00. The van der Waals surface area contributed by atoms with E-state index in [4.69, 9.17) is 11.6 Å². The van der Waals surface area contributed by atoms with Gasteiger partial charge in [0.1, 0.15) is 11.3 Å². The van der Waals surface area contributed by atoms with Gasteiger partial charge in [-0.2, -0.15) is 13.2 Å². The maximum Gasteiger partial charge on any atom is 0.390 e. The summed E-state index contributed by atoms with van der Waals surface area (Å²) in [6.07, 6.45) is -3.53. The molecule has 0 N–H and O–H groups in total. The summed E-state index contributed by atoms with van der Waals surface area (Å²) in [5.74, 6) is 0.416. The molecule has 0 saturated heterocycles. The maximum absolute atomic E-state index is 12.4. The van der Waals surface area contributed by atoms with E-state index in [1.807, 2.05) is 6.92 Å². The van der Waals surface area contributed by atoms with E-state index < -0.39 is 18.0 Å². The van der Waals surface area contributed by atoms with Gasteiger partial charge in [0.05, 0.1) is 11.8 Å². The normalized spacial score (nSPS) is 14.0. The summed E-state index contributed by atoms with van der Waals surface area (Å²) in [5.41, 5.74) is 1.92. The molecule has 2 rings (SSSR count). The molecule has 2 aromatic rings. The third-order valence-corrected chi connectivity index (χ3v) is 2.92. The molecule has 104 valence electrons. The van der Waals surface area contributed by atoms with Crippen molar-refractivity contribution in [3.8, 4) is 0 Å². The van der Waals surface area contributed by atoms with Crippen LogP contribution in [0.1, 0.15) is 30.1 Å². The molecule has 0 saturated carbocycles. The van der Waals surface area contributed by atoms with Crippen molar-refractivity contribution in [2.45, 2.75) is 38.4 Å². The van der Waals surface area contributed by atoms with Crippen LogP contribution in [0.2, 0.25) is 0 Å². The minimum absolute atomic E-state index is 0.220. The van der Waals surface area contributed by atoms with Gasteiger partial charge in [0, 0.05) is 12.7 Å². The molecule has 0 bridgehead atoms. The van der Waals surface area contributed by atoms with Gasteiger partial charge in [0.2, 0.25) is 0 Å². The number of halogens is 4. The quantitative estimate of drug-likeness (QED) is 0.801. The fraction of sp³-hybridized carbons (Fsp3) is 0.500. The number of pyridine rings is 1. The van der Waals surface area contributed by atoms with Gasteiger partial charge < -0.3 is 4.57 Å². The first-order valence-corrected chi connectivity index (χ1v) is 6.25. The van der Waals surface area contributed by atoms with Gasteiger partial charge in [-0.25, -0.2) is 9.97 Å². The molecule has 2 aromatic heterocycles. The highest BCUT2D eigenvalue weighted by molar-refractivity contribution is 6.20. The Balaban J connectivity index is 2.46. The molecule has 0 aliphatic carbocycles. The predicted octanol–water partition coefficient (Wildman–Crippen LogP) is 3.99. The van der Waals surface area contributed by atoms with Crippen molar-refractivity contribution in [3.63, 3.8) is 0 Å². The van der Waals surface area contributed by atoms with Crippen molar-refractivity contribution < 1.29 is 13.2 Å². The summed E-state index contributed by atoms with van der Waals surface area (Å²) in [5, 5.41) is -0.470. The lowest BCUT2D eigenvalue weighted by atomic mass is 10.3. The van der Waals surface area contributed by atoms with Gasteiger partial charge in [-0.15, -0.1) is 11.6 Å². The standard InChI is InChI=1S/C12H13ClF3N3/c1-7-5-9-11(17-6-7)19(4-3-12(14,15)16)10(18-9)8(2)13/h5-6,8H,3-4H2,1-2H3. The summed E-state index contributed by atoms with van der Waals surface area (Å²) >= 11 is 5.98. The van der Waals surface area contributed by atoms with Crippen LogP contribution >= 0.6 is 11.6 Å². The van der Waals surface area contributed by atoms with Crippen LogP contribution < -0.4 is 0 Å². The van der Waals surface area contributed by atoms with E-state index >= 15 is 0 Å². The minimum atomic E-state index is -4.21. The molecule has 0 radical (unpaired) electrons. The number of alkyl halides is 4. The average molecular weight is 292 g/mol. The molecule has 1 atom stereocenters. The zero-order chi connectivity index (χ0) is 14.2. The fourth-order valence-corrected chi connectivity index (χ4v) is 2.06. The van der Waals surface area contributed by atoms with Gasteiger partial charge in [0.15, 0.2) is 5.65 Å². The molecule has 0 aliphatic heterocycles. The Morgan fingerprint density at radius 1 is 1.42 bits per heavy atom. The third-order valence-electron chi connectivity index (χ3n) is 2.73. The molecule has 2 heterocycles. The SMILES string of the molecule is Cc1cnc2c(c1)nc(C(C)Cl)n2CCC(F)(F)F. The summed E-state index contributed by atoms with van der Waals surface area (Å²) in [7, 11) is 0. The zero-order valence-corrected chi connectivity index (χ0v) is 11.3. The highest BCUT2D eigenvalue weighted by atomic mass is 35.5. The summed E-state index contributed by atoms with van der Waals surface area (Å²) < 4.78 is 38.5. The molecule has 1 unspecified atom stereocenters. The van der Waals surface area contributed by atoms with Gasteiger partial charge in [-0.3, -0.25) is 0 Å². The highest BCUT2D eigenvalue weighted by Crippen LogP contribution is 2.27. The largest absolute Gasteiger partial charge is 0.390 e. The fourth-order valence-electron chi connectivity index (χ4n) is 1.89. The van der Waals surface area contributed by atoms with Crippen molar-refractivity contribution in [1.82, 2.24) is 14.5 Å². The molecule has 0 aliphatic rings. The van der Waals surface area contributed by atoms with Crippen LogP contribution in [0, 0.1) is 6.92 Å². The molecule has 3 nitrogen and oxygen atoms in total. The lowest BCUT2D eigenvalue weighted by Crippen LogP contribution is -2.14. The van der Waals surface area contributed by atoms with E-state index in [9.17, 15) is 13.2 Å². The van der Waals surface area contributed by atoms with Crippen molar-refractivity contribution in [1.29, 1.82) is 0 Å². The van der Waals surface area contributed by atoms with Crippen LogP contribution in [0.3, 0.4) is 0 Å². The molecular formula is C12H13ClF3N3. The summed E-state index contributed by atoms with van der Waals surface area (Å²) in [6, 6.07) is 1.79. The number of hydrogen-bond donors (Lipinski definition) is 0. The smallest absolute Gasteiger partial charge is 0.311 e. The number of rotatable bonds is 3. The summed E-state index contributed by atoms with van der Waals surface area (Å²) in [6.45, 7) is 3.31. The third kappa shape index (κ3) is 3.18. The van der Waals surface area contributed by atoms with Gasteiger partial charge in [-0.05, 0) is 25.5 Å². The average Bonchev–Trinajstić information content (AvgIpc) is 2.63. The number of aryl methyl sites for hydroxylation is 2. The lowest BCUT2D eigenvalue weighted by molar-refractivity contribution is -0.136. The monoisotopic (exact) mass is 291 g/mol. The molecule has 0 fully saturated rings. The Morgan fingerprint density at radius 3 is 2.68 bits per heavy atom. The number of imidazole rings is 1. The Hall–Kier alpha value is -1.30. The van der Waals surface area contributed by atoms with Crippen LogP contribution in [0.5, 0.6) is 0 Å². The molecule has 19 heavy (non-hydrogen) atoms. The van der Waals surface area contributed by atoms with Crippen LogP contribution in [0.4, 0.5) is 13.2 Å². The van der Waals surface area contributed by atoms with E-state index in [1.54, 1.807) is 19.2 Å². The van der Waals surface area contributed by atoms with E-state index in [2.05, 4.69) is 9.97 Å². The minimum Gasteiger partial charge on any atom is -0.311 e. The van der Waals surface area contributed by atoms with Crippen molar-refractivity contribution in [2.75, 3.05) is 0 Å². The Labute approximate surface area is 113 Å². The van der Waals surface area contributed by atoms with Crippen molar-refractivity contribution in [3.05, 3.63) is 23.7 Å². The molecular weight excluding hydrogens is 279 g/mol. The summed E-state index contributed by atoms with van der Waals surface area (Å²) in [4.78, 5) is 8.43. The van der Waals surface area contributed by atoms with Gasteiger partial charge in [-0.1, -0.05) is 0 Å². The zero-order valence-electron chi connectivity index (χ0n) is 10.5. The van der Waals surface area contributed by atoms with Gasteiger partial charge in [0.25, 0.3) is 0 Å². The molecule has 0 spiro atoms. The van der Waals surface area contributed by atoms with Gasteiger partial charge >= 0.3 is 6.18 Å². The Bertz CT molecular complexity index is 590. The second-order valence-corrected chi connectivity index (χ2v) is 5.11. The number of fused-ring (bicyclic) bond motifs is 1. The highest BCUT2D eigenvalue weighted by Gasteiger charge is 2.28. The first-order chi connectivity index (χ1) is 8.78. The maximum atomic E-state index is 12.4. The van der Waals surface area contributed by atoms with Crippen LogP contribution in [0.25, 0.3) is 11.2 Å². The predicted molar refractivity (Wildman–Crippen MR) is 67.2 cm³/mol. The number of hydrogen-bond acceptors (Lipinski definition) is 2. The topological polar surface area (TPSA) is 30.7 Å². The molecule has 0 aromatic carbocycles. The molecule has 0 amide bonds. The first-order valence-electron chi connectivity index (χ1n) is 5.81. The number of nitrogens with zero attached hydrogens (tertiary/aromatic N) is 3. The Morgan fingerprint density at radius 2 is 2.11 bits per heavy atom. The Kier molecular flexibility index (Phi) is 3.71. The van der Waals surface area contributed by atoms with Crippen molar-refractivity contribution in [2.24, 2.45) is 0 Å². The lowest BCUT2D eigenvalue weighted by Gasteiger charge is -2.11. The first kappa shape index (κ1) is 14.1. The van der Waals surface area contributed by atoms with E-state index in [-0.39, 0.29) is 6.54 Å². The second-order valence-electron chi connectivity index (χ2n) is 4.46. The number of aromatic nitrogens is 3. The van der Waals surface area contributed by atoms with E-state index in [0.29, 0.717) is 17.0 Å². The molecule has 7 heteroatoms.